The zero-order valence-corrected chi connectivity index (χ0v) is 15.0. The SMILES string of the molecule is CCn1nc(C)c2c(C(=O)NCc3ccc4c(c3)OCO4)cc(C)nc21. The van der Waals surface area contributed by atoms with Gasteiger partial charge in [0.1, 0.15) is 0 Å². The van der Waals surface area contributed by atoms with Gasteiger partial charge in [0.25, 0.3) is 5.91 Å². The van der Waals surface area contributed by atoms with Crippen LogP contribution in [0.25, 0.3) is 11.0 Å². The molecule has 0 saturated heterocycles. The Kier molecular flexibility index (Phi) is 3.99. The summed E-state index contributed by atoms with van der Waals surface area (Å²) in [7, 11) is 0. The Balaban J connectivity index is 1.61. The summed E-state index contributed by atoms with van der Waals surface area (Å²) in [6, 6.07) is 7.47. The molecular formula is C19H20N4O3. The van der Waals surface area contributed by atoms with Crippen molar-refractivity contribution in [2.45, 2.75) is 33.9 Å². The molecule has 26 heavy (non-hydrogen) atoms. The van der Waals surface area contributed by atoms with Crippen molar-refractivity contribution in [1.82, 2.24) is 20.1 Å². The molecule has 0 bridgehead atoms. The maximum absolute atomic E-state index is 12.8. The van der Waals surface area contributed by atoms with Crippen LogP contribution in [0.3, 0.4) is 0 Å². The summed E-state index contributed by atoms with van der Waals surface area (Å²) in [4.78, 5) is 17.4. The summed E-state index contributed by atoms with van der Waals surface area (Å²) in [5, 5.41) is 8.28. The molecule has 3 heterocycles. The highest BCUT2D eigenvalue weighted by atomic mass is 16.7. The Bertz CT molecular complexity index is 1010. The second kappa shape index (κ2) is 6.33. The van der Waals surface area contributed by atoms with Gasteiger partial charge in [-0.05, 0) is 44.5 Å². The van der Waals surface area contributed by atoms with E-state index < -0.39 is 0 Å². The maximum Gasteiger partial charge on any atom is 0.252 e. The quantitative estimate of drug-likeness (QED) is 0.781. The molecule has 0 spiro atoms. The molecule has 3 aromatic rings. The van der Waals surface area contributed by atoms with Crippen molar-refractivity contribution in [3.05, 3.63) is 46.8 Å². The lowest BCUT2D eigenvalue weighted by Gasteiger charge is -2.09. The first-order valence-electron chi connectivity index (χ1n) is 8.58. The lowest BCUT2D eigenvalue weighted by atomic mass is 10.1. The van der Waals surface area contributed by atoms with Crippen molar-refractivity contribution in [1.29, 1.82) is 0 Å². The first-order valence-corrected chi connectivity index (χ1v) is 8.58. The van der Waals surface area contributed by atoms with Crippen LogP contribution in [0, 0.1) is 13.8 Å². The molecule has 0 aliphatic carbocycles. The van der Waals surface area contributed by atoms with E-state index in [0.717, 1.165) is 33.7 Å². The number of rotatable bonds is 4. The number of hydrogen-bond donors (Lipinski definition) is 1. The van der Waals surface area contributed by atoms with E-state index in [2.05, 4.69) is 15.4 Å². The van der Waals surface area contributed by atoms with E-state index >= 15 is 0 Å². The Morgan fingerprint density at radius 3 is 2.85 bits per heavy atom. The van der Waals surface area contributed by atoms with Gasteiger partial charge in [-0.15, -0.1) is 0 Å². The van der Waals surface area contributed by atoms with E-state index in [1.54, 1.807) is 0 Å². The van der Waals surface area contributed by atoms with Gasteiger partial charge in [-0.3, -0.25) is 4.79 Å². The topological polar surface area (TPSA) is 78.3 Å². The van der Waals surface area contributed by atoms with Gasteiger partial charge in [-0.2, -0.15) is 5.10 Å². The number of fused-ring (bicyclic) bond motifs is 2. The van der Waals surface area contributed by atoms with Crippen LogP contribution in [0.15, 0.2) is 24.3 Å². The zero-order chi connectivity index (χ0) is 18.3. The molecule has 0 radical (unpaired) electrons. The average molecular weight is 352 g/mol. The van der Waals surface area contributed by atoms with E-state index in [1.165, 1.54) is 0 Å². The number of aromatic nitrogens is 3. The summed E-state index contributed by atoms with van der Waals surface area (Å²) in [6.07, 6.45) is 0. The van der Waals surface area contributed by atoms with Gasteiger partial charge in [0, 0.05) is 18.8 Å². The Morgan fingerprint density at radius 2 is 2.04 bits per heavy atom. The van der Waals surface area contributed by atoms with E-state index in [0.29, 0.717) is 24.4 Å². The van der Waals surface area contributed by atoms with Crippen LogP contribution in [0.5, 0.6) is 11.5 Å². The lowest BCUT2D eigenvalue weighted by molar-refractivity contribution is 0.0952. The van der Waals surface area contributed by atoms with Crippen molar-refractivity contribution >= 4 is 16.9 Å². The molecule has 1 aromatic carbocycles. The third-order valence-electron chi connectivity index (χ3n) is 4.44. The number of nitrogens with zero attached hydrogens (tertiary/aromatic N) is 3. The number of nitrogens with one attached hydrogen (secondary N) is 1. The largest absolute Gasteiger partial charge is 0.454 e. The van der Waals surface area contributed by atoms with E-state index in [1.807, 2.05) is 49.7 Å². The summed E-state index contributed by atoms with van der Waals surface area (Å²) in [5.41, 5.74) is 3.90. The Hall–Kier alpha value is -3.09. The number of carbonyl (C=O) groups is 1. The molecule has 0 saturated carbocycles. The molecule has 0 fully saturated rings. The average Bonchev–Trinajstić information content (AvgIpc) is 3.22. The fourth-order valence-corrected chi connectivity index (χ4v) is 3.21. The fourth-order valence-electron chi connectivity index (χ4n) is 3.21. The summed E-state index contributed by atoms with van der Waals surface area (Å²) >= 11 is 0. The summed E-state index contributed by atoms with van der Waals surface area (Å²) < 4.78 is 12.5. The van der Waals surface area contributed by atoms with Crippen LogP contribution in [0.2, 0.25) is 0 Å². The molecule has 1 N–H and O–H groups in total. The van der Waals surface area contributed by atoms with Crippen molar-refractivity contribution in [3.8, 4) is 11.5 Å². The minimum Gasteiger partial charge on any atom is -0.454 e. The Morgan fingerprint density at radius 1 is 1.23 bits per heavy atom. The molecule has 2 aromatic heterocycles. The van der Waals surface area contributed by atoms with Crippen molar-refractivity contribution in [2.75, 3.05) is 6.79 Å². The number of carbonyl (C=O) groups excluding carboxylic acids is 1. The second-order valence-corrected chi connectivity index (χ2v) is 6.28. The van der Waals surface area contributed by atoms with Crippen LogP contribution in [-0.2, 0) is 13.1 Å². The first-order chi connectivity index (χ1) is 12.6. The van der Waals surface area contributed by atoms with Crippen LogP contribution in [0.4, 0.5) is 0 Å². The van der Waals surface area contributed by atoms with E-state index in [-0.39, 0.29) is 12.7 Å². The van der Waals surface area contributed by atoms with Gasteiger partial charge in [0.05, 0.1) is 16.6 Å². The molecule has 134 valence electrons. The molecule has 1 amide bonds. The minimum absolute atomic E-state index is 0.142. The van der Waals surface area contributed by atoms with Gasteiger partial charge >= 0.3 is 0 Å². The number of ether oxygens (including phenoxy) is 2. The smallest absolute Gasteiger partial charge is 0.252 e. The van der Waals surface area contributed by atoms with Gasteiger partial charge in [-0.25, -0.2) is 9.67 Å². The lowest BCUT2D eigenvalue weighted by Crippen LogP contribution is -2.23. The minimum atomic E-state index is -0.142. The number of benzene rings is 1. The maximum atomic E-state index is 12.8. The second-order valence-electron chi connectivity index (χ2n) is 6.28. The molecule has 0 unspecified atom stereocenters. The third-order valence-corrected chi connectivity index (χ3v) is 4.44. The predicted molar refractivity (Wildman–Crippen MR) is 96.4 cm³/mol. The zero-order valence-electron chi connectivity index (χ0n) is 15.0. The Labute approximate surface area is 150 Å². The standard InChI is InChI=1S/C19H20N4O3/c1-4-23-18-17(12(3)22-23)14(7-11(2)21-18)19(24)20-9-13-5-6-15-16(8-13)26-10-25-15/h5-8H,4,9-10H2,1-3H3,(H,20,24). The van der Waals surface area contributed by atoms with Gasteiger partial charge in [0.15, 0.2) is 17.1 Å². The molecule has 1 aliphatic rings. The predicted octanol–water partition coefficient (Wildman–Crippen LogP) is 2.73. The molecule has 7 nitrogen and oxygen atoms in total. The molecular weight excluding hydrogens is 332 g/mol. The molecule has 4 rings (SSSR count). The van der Waals surface area contributed by atoms with Gasteiger partial charge < -0.3 is 14.8 Å². The molecule has 0 atom stereocenters. The number of aryl methyl sites for hydroxylation is 3. The van der Waals surface area contributed by atoms with Crippen LogP contribution < -0.4 is 14.8 Å². The van der Waals surface area contributed by atoms with Gasteiger partial charge in [-0.1, -0.05) is 6.07 Å². The first kappa shape index (κ1) is 16.4. The summed E-state index contributed by atoms with van der Waals surface area (Å²) in [6.45, 7) is 7.14. The van der Waals surface area contributed by atoms with E-state index in [9.17, 15) is 4.79 Å². The van der Waals surface area contributed by atoms with Crippen LogP contribution in [-0.4, -0.2) is 27.5 Å². The van der Waals surface area contributed by atoms with Crippen molar-refractivity contribution in [3.63, 3.8) is 0 Å². The van der Waals surface area contributed by atoms with Crippen LogP contribution in [0.1, 0.15) is 34.2 Å². The van der Waals surface area contributed by atoms with Gasteiger partial charge in [0.2, 0.25) is 6.79 Å². The highest BCUT2D eigenvalue weighted by molar-refractivity contribution is 6.06. The normalized spacial score (nSPS) is 12.6. The third kappa shape index (κ3) is 2.75. The van der Waals surface area contributed by atoms with E-state index in [4.69, 9.17) is 9.47 Å². The van der Waals surface area contributed by atoms with Crippen molar-refractivity contribution < 1.29 is 14.3 Å². The fraction of sp³-hybridized carbons (Fsp3) is 0.316. The molecule has 1 aliphatic heterocycles. The number of pyridine rings is 1. The number of hydrogen-bond acceptors (Lipinski definition) is 5. The highest BCUT2D eigenvalue weighted by Crippen LogP contribution is 2.32. The summed E-state index contributed by atoms with van der Waals surface area (Å²) in [5.74, 6) is 1.30. The molecule has 7 heteroatoms. The highest BCUT2D eigenvalue weighted by Gasteiger charge is 2.19. The van der Waals surface area contributed by atoms with Crippen molar-refractivity contribution in [2.24, 2.45) is 0 Å². The van der Waals surface area contributed by atoms with Crippen LogP contribution >= 0.6 is 0 Å². The number of amides is 1. The monoisotopic (exact) mass is 352 g/mol.